The molecule has 1 aromatic heterocycles. The maximum absolute atomic E-state index is 13.2. The Bertz CT molecular complexity index is 1250. The summed E-state index contributed by atoms with van der Waals surface area (Å²) in [5, 5.41) is 0. The highest BCUT2D eigenvalue weighted by molar-refractivity contribution is 5.91. The summed E-state index contributed by atoms with van der Waals surface area (Å²) in [5.41, 5.74) is 3.71. The van der Waals surface area contributed by atoms with Crippen LogP contribution in [-0.4, -0.2) is 53.3 Å². The van der Waals surface area contributed by atoms with Crippen molar-refractivity contribution in [1.29, 1.82) is 0 Å². The van der Waals surface area contributed by atoms with Gasteiger partial charge in [0.05, 0.1) is 6.54 Å². The van der Waals surface area contributed by atoms with Crippen molar-refractivity contribution >= 4 is 12.0 Å². The van der Waals surface area contributed by atoms with Gasteiger partial charge in [-0.25, -0.2) is 0 Å². The standard InChI is InChI=1S/C33H35N3O2/c37-33(36-23-21-34(22-24-36)20-10-17-28-11-4-1-5-12-28)32-19-18-31(38-32)27-35(25-29-13-6-2-7-14-29)26-30-15-8-3-9-16-30/h1-19H,20-27H2. The molecule has 2 heterocycles. The smallest absolute Gasteiger partial charge is 0.289 e. The van der Waals surface area contributed by atoms with Gasteiger partial charge in [0.1, 0.15) is 5.76 Å². The van der Waals surface area contributed by atoms with Crippen LogP contribution < -0.4 is 0 Å². The third kappa shape index (κ3) is 7.31. The topological polar surface area (TPSA) is 39.9 Å². The average molecular weight is 506 g/mol. The van der Waals surface area contributed by atoms with Crippen LogP contribution in [0, 0.1) is 0 Å². The predicted octanol–water partition coefficient (Wildman–Crippen LogP) is 5.95. The van der Waals surface area contributed by atoms with Crippen LogP contribution in [0.3, 0.4) is 0 Å². The highest BCUT2D eigenvalue weighted by Gasteiger charge is 2.24. The maximum Gasteiger partial charge on any atom is 0.289 e. The number of nitrogens with zero attached hydrogens (tertiary/aromatic N) is 3. The summed E-state index contributed by atoms with van der Waals surface area (Å²) in [4.78, 5) is 19.8. The van der Waals surface area contributed by atoms with Crippen LogP contribution in [0.15, 0.2) is 114 Å². The molecule has 0 N–H and O–H groups in total. The minimum atomic E-state index is -0.0200. The van der Waals surface area contributed by atoms with Crippen LogP contribution >= 0.6 is 0 Å². The predicted molar refractivity (Wildman–Crippen MR) is 152 cm³/mol. The summed E-state index contributed by atoms with van der Waals surface area (Å²) >= 11 is 0. The van der Waals surface area contributed by atoms with Gasteiger partial charge in [-0.05, 0) is 28.8 Å². The van der Waals surface area contributed by atoms with Crippen LogP contribution in [0.2, 0.25) is 0 Å². The van der Waals surface area contributed by atoms with E-state index in [1.54, 1.807) is 0 Å². The summed E-state index contributed by atoms with van der Waals surface area (Å²) in [5.74, 6) is 1.22. The van der Waals surface area contributed by atoms with Crippen molar-refractivity contribution in [3.63, 3.8) is 0 Å². The molecule has 3 aromatic carbocycles. The molecule has 1 aliphatic heterocycles. The molecule has 5 heteroatoms. The van der Waals surface area contributed by atoms with Crippen molar-refractivity contribution in [2.45, 2.75) is 19.6 Å². The third-order valence-electron chi connectivity index (χ3n) is 6.88. The zero-order valence-electron chi connectivity index (χ0n) is 21.8. The molecule has 0 atom stereocenters. The van der Waals surface area contributed by atoms with E-state index in [9.17, 15) is 4.79 Å². The summed E-state index contributed by atoms with van der Waals surface area (Å²) < 4.78 is 6.09. The first kappa shape index (κ1) is 25.7. The molecule has 194 valence electrons. The van der Waals surface area contributed by atoms with E-state index in [0.717, 1.165) is 38.5 Å². The fraction of sp³-hybridized carbons (Fsp3) is 0.242. The molecule has 5 nitrogen and oxygen atoms in total. The first-order chi connectivity index (χ1) is 18.7. The van der Waals surface area contributed by atoms with Gasteiger partial charge in [-0.1, -0.05) is 103 Å². The number of hydrogen-bond donors (Lipinski definition) is 0. The lowest BCUT2D eigenvalue weighted by atomic mass is 10.1. The Morgan fingerprint density at radius 2 is 1.29 bits per heavy atom. The van der Waals surface area contributed by atoms with Crippen LogP contribution in [0.25, 0.3) is 6.08 Å². The van der Waals surface area contributed by atoms with Gasteiger partial charge in [-0.2, -0.15) is 0 Å². The van der Waals surface area contributed by atoms with Gasteiger partial charge in [0.15, 0.2) is 5.76 Å². The molecule has 0 radical (unpaired) electrons. The number of hydrogen-bond acceptors (Lipinski definition) is 4. The molecule has 1 aliphatic rings. The van der Waals surface area contributed by atoms with Crippen LogP contribution in [0.1, 0.15) is 33.0 Å². The average Bonchev–Trinajstić information content (AvgIpc) is 3.43. The fourth-order valence-corrected chi connectivity index (χ4v) is 4.84. The molecule has 0 aliphatic carbocycles. The monoisotopic (exact) mass is 505 g/mol. The van der Waals surface area contributed by atoms with Gasteiger partial charge in [0.2, 0.25) is 0 Å². The number of carbonyl (C=O) groups is 1. The lowest BCUT2D eigenvalue weighted by Gasteiger charge is -2.33. The normalized spacial score (nSPS) is 14.4. The third-order valence-corrected chi connectivity index (χ3v) is 6.88. The minimum absolute atomic E-state index is 0.0200. The first-order valence-electron chi connectivity index (χ1n) is 13.3. The number of amides is 1. The quantitative estimate of drug-likeness (QED) is 0.267. The lowest BCUT2D eigenvalue weighted by molar-refractivity contribution is 0.0615. The molecule has 1 saturated heterocycles. The molecule has 0 bridgehead atoms. The van der Waals surface area contributed by atoms with E-state index in [2.05, 4.69) is 82.6 Å². The second-order valence-corrected chi connectivity index (χ2v) is 9.79. The summed E-state index contributed by atoms with van der Waals surface area (Å²) in [6.45, 7) is 6.28. The Morgan fingerprint density at radius 1 is 0.711 bits per heavy atom. The summed E-state index contributed by atoms with van der Waals surface area (Å²) in [7, 11) is 0. The number of piperazine rings is 1. The first-order valence-corrected chi connectivity index (χ1v) is 13.3. The molecule has 0 unspecified atom stereocenters. The van der Waals surface area contributed by atoms with Gasteiger partial charge in [0, 0.05) is 45.8 Å². The number of rotatable bonds is 10. The molecule has 0 saturated carbocycles. The Balaban J connectivity index is 1.15. The largest absolute Gasteiger partial charge is 0.455 e. The van der Waals surface area contributed by atoms with Gasteiger partial charge < -0.3 is 9.32 Å². The summed E-state index contributed by atoms with van der Waals surface area (Å²) in [6, 6.07) is 35.0. The fourth-order valence-electron chi connectivity index (χ4n) is 4.84. The number of furan rings is 1. The van der Waals surface area contributed by atoms with E-state index >= 15 is 0 Å². The number of benzene rings is 3. The van der Waals surface area contributed by atoms with Crippen molar-refractivity contribution in [2.24, 2.45) is 0 Å². The van der Waals surface area contributed by atoms with E-state index in [0.29, 0.717) is 25.4 Å². The highest BCUT2D eigenvalue weighted by Crippen LogP contribution is 2.18. The Kier molecular flexibility index (Phi) is 8.82. The van der Waals surface area contributed by atoms with E-state index in [1.165, 1.54) is 16.7 Å². The van der Waals surface area contributed by atoms with Crippen molar-refractivity contribution in [1.82, 2.24) is 14.7 Å². The molecule has 5 rings (SSSR count). The van der Waals surface area contributed by atoms with Crippen LogP contribution in [0.5, 0.6) is 0 Å². The summed E-state index contributed by atoms with van der Waals surface area (Å²) in [6.07, 6.45) is 4.35. The Morgan fingerprint density at radius 3 is 1.89 bits per heavy atom. The lowest BCUT2D eigenvalue weighted by Crippen LogP contribution is -2.48. The molecule has 1 fully saturated rings. The van der Waals surface area contributed by atoms with E-state index < -0.39 is 0 Å². The molecule has 0 spiro atoms. The van der Waals surface area contributed by atoms with E-state index in [4.69, 9.17) is 4.42 Å². The molecule has 38 heavy (non-hydrogen) atoms. The van der Waals surface area contributed by atoms with Crippen LogP contribution in [-0.2, 0) is 19.6 Å². The van der Waals surface area contributed by atoms with Gasteiger partial charge >= 0.3 is 0 Å². The second kappa shape index (κ2) is 13.0. The molecular formula is C33H35N3O2. The maximum atomic E-state index is 13.2. The second-order valence-electron chi connectivity index (χ2n) is 9.79. The molecule has 4 aromatic rings. The van der Waals surface area contributed by atoms with Crippen molar-refractivity contribution < 1.29 is 9.21 Å². The van der Waals surface area contributed by atoms with Gasteiger partial charge in [-0.3, -0.25) is 14.6 Å². The number of carbonyl (C=O) groups excluding carboxylic acids is 1. The van der Waals surface area contributed by atoms with Gasteiger partial charge in [0.25, 0.3) is 5.91 Å². The van der Waals surface area contributed by atoms with E-state index in [-0.39, 0.29) is 5.91 Å². The van der Waals surface area contributed by atoms with Crippen LogP contribution in [0.4, 0.5) is 0 Å². The minimum Gasteiger partial charge on any atom is -0.455 e. The van der Waals surface area contributed by atoms with Crippen molar-refractivity contribution in [2.75, 3.05) is 32.7 Å². The van der Waals surface area contributed by atoms with Gasteiger partial charge in [-0.15, -0.1) is 0 Å². The highest BCUT2D eigenvalue weighted by atomic mass is 16.4. The Hall–Kier alpha value is -3.93. The van der Waals surface area contributed by atoms with Crippen molar-refractivity contribution in [3.8, 4) is 0 Å². The zero-order valence-corrected chi connectivity index (χ0v) is 21.8. The molecule has 1 amide bonds. The zero-order chi connectivity index (χ0) is 26.0. The Labute approximate surface area is 225 Å². The SMILES string of the molecule is O=C(c1ccc(CN(Cc2ccccc2)Cc2ccccc2)o1)N1CCN(CC=Cc2ccccc2)CC1. The van der Waals surface area contributed by atoms with Crippen molar-refractivity contribution in [3.05, 3.63) is 137 Å². The molecular weight excluding hydrogens is 470 g/mol. The van der Waals surface area contributed by atoms with E-state index in [1.807, 2.05) is 47.4 Å².